The van der Waals surface area contributed by atoms with Gasteiger partial charge in [-0.25, -0.2) is 0 Å². The molecular formula is C11H12N4O2. The minimum Gasteiger partial charge on any atom is -0.397 e. The molecule has 1 fully saturated rings. The van der Waals surface area contributed by atoms with E-state index < -0.39 is 0 Å². The quantitative estimate of drug-likeness (QED) is 0.837. The largest absolute Gasteiger partial charge is 0.397 e. The molecule has 0 spiro atoms. The molecule has 1 aliphatic rings. The zero-order valence-corrected chi connectivity index (χ0v) is 9.17. The second kappa shape index (κ2) is 4.14. The van der Waals surface area contributed by atoms with E-state index in [1.54, 1.807) is 18.5 Å². The third-order valence-electron chi connectivity index (χ3n) is 2.82. The molecule has 6 heteroatoms. The van der Waals surface area contributed by atoms with Gasteiger partial charge in [0.2, 0.25) is 0 Å². The van der Waals surface area contributed by atoms with E-state index in [4.69, 9.17) is 15.0 Å². The number of ether oxygens (including phenoxy) is 1. The molecule has 2 aromatic rings. The van der Waals surface area contributed by atoms with E-state index in [1.807, 2.05) is 0 Å². The van der Waals surface area contributed by atoms with Gasteiger partial charge in [-0.2, -0.15) is 4.98 Å². The van der Waals surface area contributed by atoms with Crippen molar-refractivity contribution in [1.82, 2.24) is 15.1 Å². The number of nitrogen functional groups attached to an aromatic ring is 1. The lowest BCUT2D eigenvalue weighted by atomic mass is 10.1. The standard InChI is InChI=1S/C11H12N4O2/c12-9-5-13-3-1-8(9)11-14-10(15-17-11)7-2-4-16-6-7/h1,3,5,7H,2,4,6,12H2. The van der Waals surface area contributed by atoms with E-state index in [2.05, 4.69) is 15.1 Å². The van der Waals surface area contributed by atoms with Crippen LogP contribution in [0, 0.1) is 0 Å². The van der Waals surface area contributed by atoms with Crippen LogP contribution in [0.4, 0.5) is 5.69 Å². The van der Waals surface area contributed by atoms with Crippen LogP contribution in [0.3, 0.4) is 0 Å². The molecule has 6 nitrogen and oxygen atoms in total. The molecule has 0 saturated carbocycles. The zero-order chi connectivity index (χ0) is 11.7. The lowest BCUT2D eigenvalue weighted by Crippen LogP contribution is -1.99. The van der Waals surface area contributed by atoms with Crippen LogP contribution < -0.4 is 5.73 Å². The maximum atomic E-state index is 5.80. The number of aromatic nitrogens is 3. The summed E-state index contributed by atoms with van der Waals surface area (Å²) in [6.45, 7) is 1.41. The fourth-order valence-corrected chi connectivity index (χ4v) is 1.85. The maximum Gasteiger partial charge on any atom is 0.260 e. The van der Waals surface area contributed by atoms with Gasteiger partial charge in [0.1, 0.15) is 0 Å². The number of nitrogens with zero attached hydrogens (tertiary/aromatic N) is 3. The first-order chi connectivity index (χ1) is 8.34. The van der Waals surface area contributed by atoms with Crippen molar-refractivity contribution >= 4 is 5.69 Å². The van der Waals surface area contributed by atoms with Gasteiger partial charge in [0.25, 0.3) is 5.89 Å². The highest BCUT2D eigenvalue weighted by atomic mass is 16.5. The van der Waals surface area contributed by atoms with Crippen LogP contribution in [0.1, 0.15) is 18.2 Å². The summed E-state index contributed by atoms with van der Waals surface area (Å²) in [6, 6.07) is 1.76. The van der Waals surface area contributed by atoms with Gasteiger partial charge in [0.15, 0.2) is 5.82 Å². The Hall–Kier alpha value is -1.95. The van der Waals surface area contributed by atoms with Crippen molar-refractivity contribution in [3.8, 4) is 11.5 Å². The molecule has 1 unspecified atom stereocenters. The second-order valence-electron chi connectivity index (χ2n) is 3.98. The summed E-state index contributed by atoms with van der Waals surface area (Å²) in [7, 11) is 0. The molecule has 1 saturated heterocycles. The van der Waals surface area contributed by atoms with Crippen molar-refractivity contribution in [1.29, 1.82) is 0 Å². The molecule has 3 rings (SSSR count). The first kappa shape index (κ1) is 10.2. The SMILES string of the molecule is Nc1cnccc1-c1nc(C2CCOC2)no1. The molecule has 0 bridgehead atoms. The fraction of sp³-hybridized carbons (Fsp3) is 0.364. The van der Waals surface area contributed by atoms with Crippen LogP contribution in [0.25, 0.3) is 11.5 Å². The first-order valence-corrected chi connectivity index (χ1v) is 5.46. The second-order valence-corrected chi connectivity index (χ2v) is 3.98. The Morgan fingerprint density at radius 3 is 3.12 bits per heavy atom. The molecule has 0 amide bonds. The maximum absolute atomic E-state index is 5.80. The first-order valence-electron chi connectivity index (χ1n) is 5.46. The Bertz CT molecular complexity index is 520. The number of nitrogens with two attached hydrogens (primary N) is 1. The molecule has 0 radical (unpaired) electrons. The Labute approximate surface area is 97.8 Å². The molecule has 0 aromatic carbocycles. The number of anilines is 1. The third kappa shape index (κ3) is 1.87. The molecule has 1 atom stereocenters. The Kier molecular flexibility index (Phi) is 2.49. The van der Waals surface area contributed by atoms with Gasteiger partial charge in [0.05, 0.1) is 24.1 Å². The summed E-state index contributed by atoms with van der Waals surface area (Å²) in [5.74, 6) is 1.36. The highest BCUT2D eigenvalue weighted by Gasteiger charge is 2.23. The van der Waals surface area contributed by atoms with Gasteiger partial charge < -0.3 is 15.0 Å². The molecule has 88 valence electrons. The minimum absolute atomic E-state index is 0.232. The molecule has 17 heavy (non-hydrogen) atoms. The van der Waals surface area contributed by atoms with Crippen molar-refractivity contribution in [2.45, 2.75) is 12.3 Å². The average Bonchev–Trinajstić information content (AvgIpc) is 3.00. The van der Waals surface area contributed by atoms with Gasteiger partial charge in [0, 0.05) is 18.7 Å². The molecule has 2 N–H and O–H groups in total. The normalized spacial score (nSPS) is 19.6. The highest BCUT2D eigenvalue weighted by Crippen LogP contribution is 2.27. The van der Waals surface area contributed by atoms with Crippen LogP contribution >= 0.6 is 0 Å². The molecule has 3 heterocycles. The van der Waals surface area contributed by atoms with Crippen molar-refractivity contribution in [2.75, 3.05) is 18.9 Å². The van der Waals surface area contributed by atoms with Crippen LogP contribution in [0.15, 0.2) is 23.0 Å². The fourth-order valence-electron chi connectivity index (χ4n) is 1.85. The number of hydrogen-bond donors (Lipinski definition) is 1. The average molecular weight is 232 g/mol. The van der Waals surface area contributed by atoms with E-state index in [-0.39, 0.29) is 5.92 Å². The summed E-state index contributed by atoms with van der Waals surface area (Å²) in [6.07, 6.45) is 4.15. The van der Waals surface area contributed by atoms with Crippen molar-refractivity contribution in [3.63, 3.8) is 0 Å². The van der Waals surface area contributed by atoms with E-state index in [1.165, 1.54) is 0 Å². The van der Waals surface area contributed by atoms with Crippen LogP contribution in [-0.4, -0.2) is 28.3 Å². The smallest absolute Gasteiger partial charge is 0.260 e. The van der Waals surface area contributed by atoms with E-state index in [0.29, 0.717) is 24.0 Å². The van der Waals surface area contributed by atoms with Crippen molar-refractivity contribution in [2.24, 2.45) is 0 Å². The van der Waals surface area contributed by atoms with Gasteiger partial charge in [-0.05, 0) is 12.5 Å². The molecule has 0 aliphatic carbocycles. The van der Waals surface area contributed by atoms with Gasteiger partial charge in [-0.1, -0.05) is 5.16 Å². The van der Waals surface area contributed by atoms with E-state index in [0.717, 1.165) is 18.6 Å². The lowest BCUT2D eigenvalue weighted by molar-refractivity contribution is 0.192. The summed E-state index contributed by atoms with van der Waals surface area (Å²) in [4.78, 5) is 8.28. The summed E-state index contributed by atoms with van der Waals surface area (Å²) in [5.41, 5.74) is 7.05. The summed E-state index contributed by atoms with van der Waals surface area (Å²) < 4.78 is 10.5. The Morgan fingerprint density at radius 1 is 1.41 bits per heavy atom. The molecular weight excluding hydrogens is 220 g/mol. The molecule has 2 aromatic heterocycles. The Balaban J connectivity index is 1.92. The van der Waals surface area contributed by atoms with Crippen LogP contribution in [0.2, 0.25) is 0 Å². The van der Waals surface area contributed by atoms with Gasteiger partial charge in [-0.15, -0.1) is 0 Å². The monoisotopic (exact) mass is 232 g/mol. The predicted octanol–water partition coefficient (Wildman–Crippen LogP) is 1.22. The van der Waals surface area contributed by atoms with Crippen LogP contribution in [0.5, 0.6) is 0 Å². The topological polar surface area (TPSA) is 87.1 Å². The predicted molar refractivity (Wildman–Crippen MR) is 60.1 cm³/mol. The molecule has 1 aliphatic heterocycles. The lowest BCUT2D eigenvalue weighted by Gasteiger charge is -1.99. The highest BCUT2D eigenvalue weighted by molar-refractivity contribution is 5.68. The number of pyridine rings is 1. The third-order valence-corrected chi connectivity index (χ3v) is 2.82. The zero-order valence-electron chi connectivity index (χ0n) is 9.17. The van der Waals surface area contributed by atoms with Crippen molar-refractivity contribution < 1.29 is 9.26 Å². The minimum atomic E-state index is 0.232. The Morgan fingerprint density at radius 2 is 2.35 bits per heavy atom. The number of rotatable bonds is 2. The van der Waals surface area contributed by atoms with E-state index in [9.17, 15) is 0 Å². The summed E-state index contributed by atoms with van der Waals surface area (Å²) >= 11 is 0. The number of hydrogen-bond acceptors (Lipinski definition) is 6. The van der Waals surface area contributed by atoms with Gasteiger partial charge in [-0.3, -0.25) is 4.98 Å². The van der Waals surface area contributed by atoms with Gasteiger partial charge >= 0.3 is 0 Å². The summed E-state index contributed by atoms with van der Waals surface area (Å²) in [5, 5.41) is 3.97. The van der Waals surface area contributed by atoms with Crippen LogP contribution in [-0.2, 0) is 4.74 Å². The van der Waals surface area contributed by atoms with E-state index >= 15 is 0 Å². The van der Waals surface area contributed by atoms with Crippen molar-refractivity contribution in [3.05, 3.63) is 24.3 Å².